The number of amides is 1. The van der Waals surface area contributed by atoms with Gasteiger partial charge in [0.05, 0.1) is 13.2 Å². The summed E-state index contributed by atoms with van der Waals surface area (Å²) in [4.78, 5) is 24.3. The van der Waals surface area contributed by atoms with Crippen LogP contribution in [0.1, 0.15) is 59.0 Å². The molecule has 1 N–H and O–H groups in total. The molecule has 0 aliphatic heterocycles. The van der Waals surface area contributed by atoms with Crippen molar-refractivity contribution in [3.63, 3.8) is 0 Å². The molecule has 0 saturated carbocycles. The van der Waals surface area contributed by atoms with Crippen LogP contribution in [0.15, 0.2) is 6.07 Å². The summed E-state index contributed by atoms with van der Waals surface area (Å²) in [5.74, 6) is -0.0749. The van der Waals surface area contributed by atoms with Gasteiger partial charge in [0.15, 0.2) is 0 Å². The van der Waals surface area contributed by atoms with Crippen LogP contribution in [0.5, 0.6) is 5.88 Å². The molecule has 1 heterocycles. The van der Waals surface area contributed by atoms with Crippen molar-refractivity contribution in [3.05, 3.63) is 11.8 Å². The van der Waals surface area contributed by atoms with Gasteiger partial charge in [0.2, 0.25) is 11.8 Å². The van der Waals surface area contributed by atoms with E-state index in [1.807, 2.05) is 20.8 Å². The average Bonchev–Trinajstić information content (AvgIpc) is 2.87. The Morgan fingerprint density at radius 1 is 1.19 bits per heavy atom. The van der Waals surface area contributed by atoms with Crippen molar-refractivity contribution in [1.82, 2.24) is 15.1 Å². The second kappa shape index (κ2) is 8.46. The summed E-state index contributed by atoms with van der Waals surface area (Å²) in [5.41, 5.74) is -0.138. The molecular formula is C19H35N3O4Si. The highest BCUT2D eigenvalue weighted by Crippen LogP contribution is 2.37. The van der Waals surface area contributed by atoms with Gasteiger partial charge in [0, 0.05) is 18.0 Å². The highest BCUT2D eigenvalue weighted by atomic mass is 28.4. The summed E-state index contributed by atoms with van der Waals surface area (Å²) in [7, 11) is -2.08. The molecule has 8 heteroatoms. The van der Waals surface area contributed by atoms with Crippen LogP contribution in [-0.2, 0) is 16.1 Å². The van der Waals surface area contributed by atoms with Gasteiger partial charge in [0.1, 0.15) is 5.69 Å². The first kappa shape index (κ1) is 23.2. The molecule has 0 atom stereocenters. The zero-order valence-electron chi connectivity index (χ0n) is 18.2. The van der Waals surface area contributed by atoms with Crippen LogP contribution in [-0.4, -0.2) is 43.1 Å². The Balaban J connectivity index is 2.99. The van der Waals surface area contributed by atoms with Gasteiger partial charge in [-0.1, -0.05) is 41.5 Å². The number of nitrogens with one attached hydrogen (secondary N) is 1. The largest absolute Gasteiger partial charge is 0.530 e. The quantitative estimate of drug-likeness (QED) is 0.561. The topological polar surface area (TPSA) is 82.4 Å². The Bertz CT molecular complexity index is 669. The molecule has 7 nitrogen and oxygen atoms in total. The van der Waals surface area contributed by atoms with Crippen molar-refractivity contribution in [3.8, 4) is 5.88 Å². The van der Waals surface area contributed by atoms with Crippen LogP contribution in [0.25, 0.3) is 0 Å². The summed E-state index contributed by atoms with van der Waals surface area (Å²) < 4.78 is 12.9. The zero-order chi connectivity index (χ0) is 21.0. The Hall–Kier alpha value is -1.83. The summed E-state index contributed by atoms with van der Waals surface area (Å²) >= 11 is 0. The van der Waals surface area contributed by atoms with Crippen molar-refractivity contribution < 1.29 is 18.8 Å². The van der Waals surface area contributed by atoms with Crippen molar-refractivity contribution >= 4 is 20.2 Å². The minimum atomic E-state index is -2.08. The van der Waals surface area contributed by atoms with E-state index in [1.54, 1.807) is 17.7 Å². The smallest absolute Gasteiger partial charge is 0.356 e. The van der Waals surface area contributed by atoms with Gasteiger partial charge in [-0.25, -0.2) is 4.79 Å². The second-order valence-corrected chi connectivity index (χ2v) is 13.9. The molecule has 0 unspecified atom stereocenters. The van der Waals surface area contributed by atoms with Gasteiger partial charge < -0.3 is 14.5 Å². The molecule has 0 aliphatic carbocycles. The molecule has 0 aliphatic rings. The highest BCUT2D eigenvalue weighted by molar-refractivity contribution is 6.74. The van der Waals surface area contributed by atoms with E-state index in [-0.39, 0.29) is 17.6 Å². The minimum Gasteiger partial charge on any atom is -0.530 e. The predicted molar refractivity (Wildman–Crippen MR) is 108 cm³/mol. The third kappa shape index (κ3) is 6.37. The number of aromatic nitrogens is 2. The van der Waals surface area contributed by atoms with Gasteiger partial charge in [-0.15, -0.1) is 5.10 Å². The van der Waals surface area contributed by atoms with Crippen LogP contribution in [0.3, 0.4) is 0 Å². The third-order valence-corrected chi connectivity index (χ3v) is 9.03. The molecular weight excluding hydrogens is 362 g/mol. The monoisotopic (exact) mass is 397 g/mol. The third-order valence-electron chi connectivity index (χ3n) is 4.70. The van der Waals surface area contributed by atoms with Crippen LogP contribution < -0.4 is 9.74 Å². The highest BCUT2D eigenvalue weighted by Gasteiger charge is 2.39. The van der Waals surface area contributed by atoms with Crippen molar-refractivity contribution in [2.75, 3.05) is 13.2 Å². The Kier molecular flexibility index (Phi) is 7.27. The molecule has 1 rings (SSSR count). The maximum absolute atomic E-state index is 12.3. The van der Waals surface area contributed by atoms with E-state index in [2.05, 4.69) is 44.3 Å². The fourth-order valence-electron chi connectivity index (χ4n) is 1.94. The van der Waals surface area contributed by atoms with Crippen molar-refractivity contribution in [2.24, 2.45) is 5.41 Å². The molecule has 1 aromatic rings. The number of nitrogens with zero attached hydrogens (tertiary/aromatic N) is 2. The number of carbonyl (C=O) groups excluding carboxylic acids is 2. The summed E-state index contributed by atoms with van der Waals surface area (Å²) in [6.45, 7) is 19.0. The van der Waals surface area contributed by atoms with Crippen molar-refractivity contribution in [2.45, 2.75) is 73.1 Å². The first-order valence-electron chi connectivity index (χ1n) is 9.41. The fraction of sp³-hybridized carbons (Fsp3) is 0.737. The standard InChI is InChI=1S/C19H35N3O4Si/c1-10-25-16(23)14-13-15(26-27(8,9)19(5,6)7)21-22(14)12-11-20-17(24)18(2,3)4/h13H,10-12H2,1-9H3,(H,20,24). The van der Waals surface area contributed by atoms with E-state index >= 15 is 0 Å². The minimum absolute atomic E-state index is 0.0154. The van der Waals surface area contributed by atoms with Crippen LogP contribution >= 0.6 is 0 Å². The molecule has 1 amide bonds. The Labute approximate surface area is 163 Å². The predicted octanol–water partition coefficient (Wildman–Crippen LogP) is 3.61. The van der Waals surface area contributed by atoms with E-state index in [9.17, 15) is 9.59 Å². The van der Waals surface area contributed by atoms with Crippen LogP contribution in [0, 0.1) is 5.41 Å². The molecule has 0 radical (unpaired) electrons. The Morgan fingerprint density at radius 3 is 2.26 bits per heavy atom. The number of rotatable bonds is 7. The van der Waals surface area contributed by atoms with Gasteiger partial charge in [-0.05, 0) is 25.1 Å². The number of esters is 1. The average molecular weight is 398 g/mol. The van der Waals surface area contributed by atoms with Gasteiger partial charge in [-0.2, -0.15) is 0 Å². The fourth-order valence-corrected chi connectivity index (χ4v) is 2.87. The van der Waals surface area contributed by atoms with E-state index in [0.29, 0.717) is 24.7 Å². The lowest BCUT2D eigenvalue weighted by Crippen LogP contribution is -2.44. The van der Waals surface area contributed by atoms with Crippen LogP contribution in [0.4, 0.5) is 0 Å². The molecule has 0 fully saturated rings. The lowest BCUT2D eigenvalue weighted by Gasteiger charge is -2.35. The van der Waals surface area contributed by atoms with Gasteiger partial charge >= 0.3 is 5.97 Å². The van der Waals surface area contributed by atoms with E-state index in [1.165, 1.54) is 0 Å². The van der Waals surface area contributed by atoms with E-state index < -0.39 is 19.7 Å². The van der Waals surface area contributed by atoms with Gasteiger partial charge in [0.25, 0.3) is 8.32 Å². The van der Waals surface area contributed by atoms with Crippen LogP contribution in [0.2, 0.25) is 18.1 Å². The summed E-state index contributed by atoms with van der Waals surface area (Å²) in [5, 5.41) is 7.33. The summed E-state index contributed by atoms with van der Waals surface area (Å²) in [6, 6.07) is 1.63. The molecule has 27 heavy (non-hydrogen) atoms. The number of hydrogen-bond donors (Lipinski definition) is 1. The molecule has 0 saturated heterocycles. The summed E-state index contributed by atoms with van der Waals surface area (Å²) in [6.07, 6.45) is 0. The molecule has 154 valence electrons. The first-order valence-corrected chi connectivity index (χ1v) is 12.3. The molecule has 0 bridgehead atoms. The molecule has 0 aromatic carbocycles. The maximum atomic E-state index is 12.3. The number of carbonyl (C=O) groups is 2. The lowest BCUT2D eigenvalue weighted by atomic mass is 9.96. The zero-order valence-corrected chi connectivity index (χ0v) is 19.2. The lowest BCUT2D eigenvalue weighted by molar-refractivity contribution is -0.128. The van der Waals surface area contributed by atoms with E-state index in [0.717, 1.165) is 0 Å². The van der Waals surface area contributed by atoms with Crippen molar-refractivity contribution in [1.29, 1.82) is 0 Å². The SMILES string of the molecule is CCOC(=O)c1cc(O[Si](C)(C)C(C)(C)C)nn1CCNC(=O)C(C)(C)C. The maximum Gasteiger partial charge on any atom is 0.356 e. The number of hydrogen-bond acceptors (Lipinski definition) is 5. The molecule has 0 spiro atoms. The number of ether oxygens (including phenoxy) is 1. The normalized spacial score (nSPS) is 12.6. The Morgan fingerprint density at radius 2 is 1.78 bits per heavy atom. The molecule has 1 aromatic heterocycles. The second-order valence-electron chi connectivity index (χ2n) is 9.18. The van der Waals surface area contributed by atoms with E-state index in [4.69, 9.17) is 9.16 Å². The first-order chi connectivity index (χ1) is 12.2. The van der Waals surface area contributed by atoms with Gasteiger partial charge in [-0.3, -0.25) is 9.48 Å².